The summed E-state index contributed by atoms with van der Waals surface area (Å²) in [6, 6.07) is 6.79. The number of nitrogens with zero attached hydrogens (tertiary/aromatic N) is 2. The molecule has 41 heavy (non-hydrogen) atoms. The van der Waals surface area contributed by atoms with Crippen LogP contribution in [0.25, 0.3) is 0 Å². The number of hydrazone groups is 1. The molecule has 2 N–H and O–H groups in total. The number of amides is 4. The zero-order chi connectivity index (χ0) is 29.5. The number of imide groups is 1. The summed E-state index contributed by atoms with van der Waals surface area (Å²) < 4.78 is 31.6. The van der Waals surface area contributed by atoms with Gasteiger partial charge in [-0.2, -0.15) is 5.10 Å². The van der Waals surface area contributed by atoms with Crippen molar-refractivity contribution in [2.24, 2.45) is 5.10 Å². The number of methoxy groups -OCH3 is 1. The molecular formula is C27H38N4O10. The molecule has 1 heterocycles. The van der Waals surface area contributed by atoms with E-state index in [9.17, 15) is 19.2 Å². The van der Waals surface area contributed by atoms with Gasteiger partial charge >= 0.3 is 0 Å². The number of ether oxygens (including phenoxy) is 6. The third kappa shape index (κ3) is 15.7. The molecule has 2 rings (SSSR count). The smallest absolute Gasteiger partial charge is 0.253 e. The monoisotopic (exact) mass is 578 g/mol. The van der Waals surface area contributed by atoms with Crippen LogP contribution >= 0.6 is 0 Å². The molecule has 0 spiro atoms. The Labute approximate surface area is 238 Å². The molecule has 0 saturated heterocycles. The normalized spacial score (nSPS) is 13.0. The Hall–Kier alpha value is -3.53. The lowest BCUT2D eigenvalue weighted by Crippen LogP contribution is -2.33. The molecule has 0 aliphatic carbocycles. The molecule has 1 aliphatic heterocycles. The molecule has 1 aliphatic rings. The Bertz CT molecular complexity index is 982. The van der Waals surface area contributed by atoms with Gasteiger partial charge in [0, 0.05) is 37.9 Å². The van der Waals surface area contributed by atoms with Crippen molar-refractivity contribution < 1.29 is 47.6 Å². The standard InChI is InChI=1S/C27H38N4O10/c1-36-10-11-37-12-13-38-14-15-39-16-17-40-18-19-41-21-25(33)29-23-4-2-22(3-5-23)20-28-30-24(32)8-9-31-26(34)6-7-27(31)35/h2-7,20H,8-19,21H2,1H3,(H,29,33)(H,30,32)/b28-20+. The first kappa shape index (κ1) is 33.7. The third-order valence-electron chi connectivity index (χ3n) is 5.21. The van der Waals surface area contributed by atoms with Crippen LogP contribution in [0.2, 0.25) is 0 Å². The van der Waals surface area contributed by atoms with Crippen molar-refractivity contribution in [2.45, 2.75) is 6.42 Å². The summed E-state index contributed by atoms with van der Waals surface area (Å²) in [7, 11) is 1.62. The molecule has 1 aromatic rings. The second-order valence-electron chi connectivity index (χ2n) is 8.37. The maximum atomic E-state index is 12.0. The van der Waals surface area contributed by atoms with Gasteiger partial charge in [-0.15, -0.1) is 0 Å². The Morgan fingerprint density at radius 2 is 1.27 bits per heavy atom. The van der Waals surface area contributed by atoms with Crippen LogP contribution in [0.1, 0.15) is 12.0 Å². The van der Waals surface area contributed by atoms with Crippen molar-refractivity contribution in [1.82, 2.24) is 10.3 Å². The number of carbonyl (C=O) groups is 4. The van der Waals surface area contributed by atoms with Gasteiger partial charge in [0.25, 0.3) is 11.8 Å². The second-order valence-corrected chi connectivity index (χ2v) is 8.37. The lowest BCUT2D eigenvalue weighted by molar-refractivity contribution is -0.137. The minimum Gasteiger partial charge on any atom is -0.382 e. The molecule has 0 unspecified atom stereocenters. The summed E-state index contributed by atoms with van der Waals surface area (Å²) in [6.07, 6.45) is 3.70. The van der Waals surface area contributed by atoms with Crippen molar-refractivity contribution >= 4 is 35.5 Å². The Morgan fingerprint density at radius 3 is 1.80 bits per heavy atom. The highest BCUT2D eigenvalue weighted by molar-refractivity contribution is 6.13. The minimum atomic E-state index is -0.439. The van der Waals surface area contributed by atoms with E-state index in [1.165, 1.54) is 6.21 Å². The van der Waals surface area contributed by atoms with E-state index in [-0.39, 0.29) is 32.1 Å². The summed E-state index contributed by atoms with van der Waals surface area (Å²) in [5.74, 6) is -1.62. The molecule has 4 amide bonds. The topological polar surface area (TPSA) is 163 Å². The summed E-state index contributed by atoms with van der Waals surface area (Å²) >= 11 is 0. The predicted molar refractivity (Wildman–Crippen MR) is 147 cm³/mol. The molecule has 0 atom stereocenters. The maximum absolute atomic E-state index is 12.0. The van der Waals surface area contributed by atoms with E-state index < -0.39 is 17.7 Å². The maximum Gasteiger partial charge on any atom is 0.253 e. The van der Waals surface area contributed by atoms with E-state index in [4.69, 9.17) is 28.4 Å². The van der Waals surface area contributed by atoms with Crippen LogP contribution in [-0.4, -0.2) is 121 Å². The number of nitrogens with one attached hydrogen (secondary N) is 2. The predicted octanol–water partition coefficient (Wildman–Crippen LogP) is 0.120. The molecule has 0 aromatic heterocycles. The number of anilines is 1. The van der Waals surface area contributed by atoms with Crippen LogP contribution in [0.15, 0.2) is 41.5 Å². The van der Waals surface area contributed by atoms with Crippen molar-refractivity contribution in [2.75, 3.05) is 91.6 Å². The van der Waals surface area contributed by atoms with Gasteiger partial charge in [-0.3, -0.25) is 24.1 Å². The quantitative estimate of drug-likeness (QED) is 0.0789. The second kappa shape index (κ2) is 21.2. The van der Waals surface area contributed by atoms with Crippen LogP contribution in [-0.2, 0) is 47.6 Å². The highest BCUT2D eigenvalue weighted by Crippen LogP contribution is 2.08. The van der Waals surface area contributed by atoms with E-state index in [1.54, 1.807) is 31.4 Å². The summed E-state index contributed by atoms with van der Waals surface area (Å²) in [5, 5.41) is 6.57. The highest BCUT2D eigenvalue weighted by atomic mass is 16.6. The van der Waals surface area contributed by atoms with E-state index in [0.29, 0.717) is 70.7 Å². The highest BCUT2D eigenvalue weighted by Gasteiger charge is 2.23. The summed E-state index contributed by atoms with van der Waals surface area (Å²) in [4.78, 5) is 47.8. The molecule has 14 nitrogen and oxygen atoms in total. The van der Waals surface area contributed by atoms with E-state index in [2.05, 4.69) is 15.8 Å². The van der Waals surface area contributed by atoms with Gasteiger partial charge in [-0.05, 0) is 17.7 Å². The molecular weight excluding hydrogens is 540 g/mol. The van der Waals surface area contributed by atoms with Crippen LogP contribution < -0.4 is 10.7 Å². The van der Waals surface area contributed by atoms with Gasteiger partial charge in [-0.1, -0.05) is 12.1 Å². The average molecular weight is 579 g/mol. The molecule has 0 bridgehead atoms. The molecule has 0 saturated carbocycles. The average Bonchev–Trinajstić information content (AvgIpc) is 3.29. The Balaban J connectivity index is 1.43. The fourth-order valence-electron chi connectivity index (χ4n) is 3.14. The Morgan fingerprint density at radius 1 is 0.756 bits per heavy atom. The van der Waals surface area contributed by atoms with Gasteiger partial charge in [0.2, 0.25) is 11.8 Å². The van der Waals surface area contributed by atoms with Gasteiger partial charge < -0.3 is 33.7 Å². The van der Waals surface area contributed by atoms with Gasteiger partial charge in [0.15, 0.2) is 0 Å². The third-order valence-corrected chi connectivity index (χ3v) is 5.21. The van der Waals surface area contributed by atoms with Crippen molar-refractivity contribution in [1.29, 1.82) is 0 Å². The fourth-order valence-corrected chi connectivity index (χ4v) is 3.14. The largest absolute Gasteiger partial charge is 0.382 e. The number of rotatable bonds is 23. The first-order chi connectivity index (χ1) is 20.0. The number of carbonyl (C=O) groups excluding carboxylic acids is 4. The summed E-state index contributed by atoms with van der Waals surface area (Å²) in [6.45, 7) is 4.40. The number of benzene rings is 1. The van der Waals surface area contributed by atoms with Crippen molar-refractivity contribution in [3.63, 3.8) is 0 Å². The molecule has 0 fully saturated rings. The first-order valence-corrected chi connectivity index (χ1v) is 13.1. The zero-order valence-electron chi connectivity index (χ0n) is 23.2. The number of hydrogen-bond donors (Lipinski definition) is 2. The SMILES string of the molecule is COCCOCCOCCOCCOCCOCC(=O)Nc1ccc(/C=N/NC(=O)CCN2C(=O)C=CC2=O)cc1. The van der Waals surface area contributed by atoms with E-state index in [0.717, 1.165) is 17.1 Å². The fraction of sp³-hybridized carbons (Fsp3) is 0.519. The molecule has 0 radical (unpaired) electrons. The van der Waals surface area contributed by atoms with E-state index >= 15 is 0 Å². The van der Waals surface area contributed by atoms with E-state index in [1.807, 2.05) is 0 Å². The van der Waals surface area contributed by atoms with Crippen molar-refractivity contribution in [3.05, 3.63) is 42.0 Å². The lowest BCUT2D eigenvalue weighted by atomic mass is 10.2. The summed E-state index contributed by atoms with van der Waals surface area (Å²) in [5.41, 5.74) is 3.60. The minimum absolute atomic E-state index is 0.0175. The zero-order valence-corrected chi connectivity index (χ0v) is 23.2. The first-order valence-electron chi connectivity index (χ1n) is 13.1. The molecule has 1 aromatic carbocycles. The van der Waals surface area contributed by atoms with Gasteiger partial charge in [0.1, 0.15) is 6.61 Å². The Kier molecular flexibility index (Phi) is 17.5. The van der Waals surface area contributed by atoms with Crippen molar-refractivity contribution in [3.8, 4) is 0 Å². The van der Waals surface area contributed by atoms with Crippen LogP contribution in [0.3, 0.4) is 0 Å². The lowest BCUT2D eigenvalue weighted by Gasteiger charge is -2.12. The molecule has 226 valence electrons. The van der Waals surface area contributed by atoms with Crippen LogP contribution in [0.4, 0.5) is 5.69 Å². The van der Waals surface area contributed by atoms with Gasteiger partial charge in [-0.25, -0.2) is 5.43 Å². The van der Waals surface area contributed by atoms with Gasteiger partial charge in [0.05, 0.1) is 72.3 Å². The molecule has 14 heteroatoms. The number of hydrogen-bond acceptors (Lipinski definition) is 11. The van der Waals surface area contributed by atoms with Crippen LogP contribution in [0.5, 0.6) is 0 Å². The van der Waals surface area contributed by atoms with Crippen LogP contribution in [0, 0.1) is 0 Å².